The van der Waals surface area contributed by atoms with Crippen LogP contribution in [0.1, 0.15) is 11.1 Å². The molecule has 0 radical (unpaired) electrons. The minimum Gasteiger partial charge on any atom is -0.342 e. The quantitative estimate of drug-likeness (QED) is 0.477. The second-order valence-corrected chi connectivity index (χ2v) is 8.84. The van der Waals surface area contributed by atoms with E-state index in [1.54, 1.807) is 30.3 Å². The molecule has 1 aliphatic rings. The van der Waals surface area contributed by atoms with Gasteiger partial charge in [-0.05, 0) is 31.2 Å². The van der Waals surface area contributed by atoms with Gasteiger partial charge in [-0.1, -0.05) is 47.0 Å². The first-order chi connectivity index (χ1) is 12.8. The first-order valence-electron chi connectivity index (χ1n) is 8.05. The van der Waals surface area contributed by atoms with Crippen molar-refractivity contribution in [3.8, 4) is 0 Å². The van der Waals surface area contributed by atoms with Crippen LogP contribution in [0.4, 0.5) is 0 Å². The zero-order chi connectivity index (χ0) is 19.7. The maximum atomic E-state index is 12.3. The molecule has 3 rings (SSSR count). The lowest BCUT2D eigenvalue weighted by atomic mass is 10.1. The summed E-state index contributed by atoms with van der Waals surface area (Å²) in [6.45, 7) is 1.77. The first-order valence-corrected chi connectivity index (χ1v) is 10.7. The van der Waals surface area contributed by atoms with Crippen molar-refractivity contribution in [3.63, 3.8) is 0 Å². The minimum absolute atomic E-state index is 0.0322. The van der Waals surface area contributed by atoms with Crippen LogP contribution in [-0.2, 0) is 29.6 Å². The zero-order valence-corrected chi connectivity index (χ0v) is 17.4. The lowest BCUT2D eigenvalue weighted by Crippen LogP contribution is -2.31. The Morgan fingerprint density at radius 1 is 1.19 bits per heavy atom. The zero-order valence-electron chi connectivity index (χ0n) is 14.3. The number of rotatable bonds is 6. The number of benzene rings is 2. The summed E-state index contributed by atoms with van der Waals surface area (Å²) in [4.78, 5) is 0.0800. The van der Waals surface area contributed by atoms with Gasteiger partial charge in [-0.3, -0.25) is 4.18 Å². The van der Waals surface area contributed by atoms with E-state index in [4.69, 9.17) is 48.5 Å². The van der Waals surface area contributed by atoms with Crippen LogP contribution in [-0.4, -0.2) is 33.6 Å². The van der Waals surface area contributed by atoms with Gasteiger partial charge in [0.2, 0.25) is 5.79 Å². The van der Waals surface area contributed by atoms with E-state index >= 15 is 0 Å². The van der Waals surface area contributed by atoms with Crippen molar-refractivity contribution in [2.24, 2.45) is 0 Å². The molecule has 2 aromatic carbocycles. The lowest BCUT2D eigenvalue weighted by molar-refractivity contribution is -0.161. The predicted molar refractivity (Wildman–Crippen MR) is 104 cm³/mol. The van der Waals surface area contributed by atoms with Crippen molar-refractivity contribution in [1.29, 1.82) is 0 Å². The van der Waals surface area contributed by atoms with Gasteiger partial charge in [0.25, 0.3) is 10.1 Å². The fraction of sp³-hybridized carbons (Fsp3) is 0.333. The summed E-state index contributed by atoms with van der Waals surface area (Å²) in [6, 6.07) is 11.3. The summed E-state index contributed by atoms with van der Waals surface area (Å²) in [5.41, 5.74) is 1.47. The molecule has 1 saturated heterocycles. The minimum atomic E-state index is -3.90. The largest absolute Gasteiger partial charge is 0.342 e. The Labute approximate surface area is 173 Å². The molecule has 0 spiro atoms. The molecule has 146 valence electrons. The van der Waals surface area contributed by atoms with Crippen LogP contribution in [0, 0.1) is 6.92 Å². The van der Waals surface area contributed by atoms with Crippen LogP contribution < -0.4 is 0 Å². The number of hydrogen-bond acceptors (Lipinski definition) is 5. The Kier molecular flexibility index (Phi) is 6.37. The van der Waals surface area contributed by atoms with E-state index in [0.717, 1.165) is 5.56 Å². The average molecular weight is 452 g/mol. The molecule has 0 aromatic heterocycles. The van der Waals surface area contributed by atoms with Crippen LogP contribution in [0.2, 0.25) is 10.0 Å². The third-order valence-corrected chi connectivity index (χ3v) is 6.29. The van der Waals surface area contributed by atoms with E-state index in [2.05, 4.69) is 0 Å². The lowest BCUT2D eigenvalue weighted by Gasteiger charge is -2.27. The van der Waals surface area contributed by atoms with Gasteiger partial charge < -0.3 is 9.47 Å². The molecular weight excluding hydrogens is 435 g/mol. The van der Waals surface area contributed by atoms with Gasteiger partial charge in [0.1, 0.15) is 6.10 Å². The highest BCUT2D eigenvalue weighted by Crippen LogP contribution is 2.40. The van der Waals surface area contributed by atoms with Crippen LogP contribution >= 0.6 is 34.8 Å². The smallest absolute Gasteiger partial charge is 0.297 e. The monoisotopic (exact) mass is 450 g/mol. The van der Waals surface area contributed by atoms with Crippen LogP contribution in [0.5, 0.6) is 0 Å². The first kappa shape index (κ1) is 20.9. The van der Waals surface area contributed by atoms with Crippen molar-refractivity contribution in [2.45, 2.75) is 23.7 Å². The fourth-order valence-electron chi connectivity index (χ4n) is 2.67. The molecule has 0 bridgehead atoms. The Balaban J connectivity index is 1.70. The van der Waals surface area contributed by atoms with Crippen molar-refractivity contribution in [2.75, 3.05) is 19.1 Å². The molecule has 5 nitrogen and oxygen atoms in total. The van der Waals surface area contributed by atoms with Crippen molar-refractivity contribution in [3.05, 3.63) is 63.6 Å². The van der Waals surface area contributed by atoms with Crippen LogP contribution in [0.3, 0.4) is 0 Å². The highest BCUT2D eigenvalue weighted by atomic mass is 35.5. The number of aryl methyl sites for hydroxylation is 1. The predicted octanol–water partition coefficient (Wildman–Crippen LogP) is 4.51. The molecule has 27 heavy (non-hydrogen) atoms. The van der Waals surface area contributed by atoms with Gasteiger partial charge in [-0.25, -0.2) is 0 Å². The molecule has 0 unspecified atom stereocenters. The second kappa shape index (κ2) is 8.25. The summed E-state index contributed by atoms with van der Waals surface area (Å²) in [5, 5.41) is 0.813. The van der Waals surface area contributed by atoms with Gasteiger partial charge >= 0.3 is 0 Å². The van der Waals surface area contributed by atoms with E-state index in [1.165, 1.54) is 12.1 Å². The maximum absolute atomic E-state index is 12.3. The Hall–Kier alpha value is -0.860. The van der Waals surface area contributed by atoms with Crippen molar-refractivity contribution >= 4 is 44.9 Å². The maximum Gasteiger partial charge on any atom is 0.297 e. The SMILES string of the molecule is Cc1ccc(S(=O)(=O)OC[C@@H]2CO[C@@](CCl)(c3ccc(Cl)cc3Cl)O2)cc1. The van der Waals surface area contributed by atoms with Gasteiger partial charge in [-0.15, -0.1) is 11.6 Å². The Morgan fingerprint density at radius 2 is 1.89 bits per heavy atom. The third-order valence-electron chi connectivity index (χ3n) is 4.10. The highest BCUT2D eigenvalue weighted by molar-refractivity contribution is 7.86. The fourth-order valence-corrected chi connectivity index (χ4v) is 4.44. The molecule has 2 aromatic rings. The molecule has 0 N–H and O–H groups in total. The van der Waals surface area contributed by atoms with E-state index < -0.39 is 22.0 Å². The number of hydrogen-bond donors (Lipinski definition) is 0. The summed E-state index contributed by atoms with van der Waals surface area (Å²) < 4.78 is 41.4. The van der Waals surface area contributed by atoms with E-state index in [1.807, 2.05) is 6.92 Å². The molecule has 0 aliphatic carbocycles. The average Bonchev–Trinajstić information content (AvgIpc) is 3.05. The van der Waals surface area contributed by atoms with Gasteiger partial charge in [0, 0.05) is 10.6 Å². The van der Waals surface area contributed by atoms with Crippen LogP contribution in [0.15, 0.2) is 47.4 Å². The van der Waals surface area contributed by atoms with E-state index in [-0.39, 0.29) is 24.0 Å². The number of alkyl halides is 1. The molecule has 1 fully saturated rings. The molecule has 2 atom stereocenters. The van der Waals surface area contributed by atoms with Crippen LogP contribution in [0.25, 0.3) is 0 Å². The highest BCUT2D eigenvalue weighted by Gasteiger charge is 2.44. The standard InChI is InChI=1S/C18H17Cl3O5S/c1-12-2-5-15(6-3-12)27(22,23)25-10-14-9-24-18(11-19,26-14)16-7-4-13(20)8-17(16)21/h2-8,14H,9-11H2,1H3/t14-,18+/m0/s1. The molecule has 0 saturated carbocycles. The van der Waals surface area contributed by atoms with Gasteiger partial charge in [0.05, 0.1) is 29.0 Å². The van der Waals surface area contributed by atoms with Gasteiger partial charge in [0.15, 0.2) is 0 Å². The molecule has 1 aliphatic heterocycles. The number of ether oxygens (including phenoxy) is 2. The van der Waals surface area contributed by atoms with Crippen molar-refractivity contribution < 1.29 is 22.1 Å². The molecule has 0 amide bonds. The second-order valence-electron chi connectivity index (χ2n) is 6.11. The third kappa shape index (κ3) is 4.59. The summed E-state index contributed by atoms with van der Waals surface area (Å²) >= 11 is 18.2. The summed E-state index contributed by atoms with van der Waals surface area (Å²) in [7, 11) is -3.90. The molecule has 1 heterocycles. The Bertz CT molecular complexity index is 917. The van der Waals surface area contributed by atoms with E-state index in [9.17, 15) is 8.42 Å². The summed E-state index contributed by atoms with van der Waals surface area (Å²) in [5.74, 6) is -1.32. The molecular formula is C18H17Cl3O5S. The van der Waals surface area contributed by atoms with Crippen molar-refractivity contribution in [1.82, 2.24) is 0 Å². The normalized spacial score (nSPS) is 22.9. The number of halogens is 3. The topological polar surface area (TPSA) is 61.8 Å². The van der Waals surface area contributed by atoms with E-state index in [0.29, 0.717) is 15.6 Å². The Morgan fingerprint density at radius 3 is 2.52 bits per heavy atom. The molecule has 9 heteroatoms. The van der Waals surface area contributed by atoms with Gasteiger partial charge in [-0.2, -0.15) is 8.42 Å². The summed E-state index contributed by atoms with van der Waals surface area (Å²) in [6.07, 6.45) is -0.629.